The molecule has 0 saturated heterocycles. The van der Waals surface area contributed by atoms with Crippen LogP contribution in [0.2, 0.25) is 0 Å². The molecule has 1 aliphatic rings. The molecule has 0 unspecified atom stereocenters. The molecule has 28 heavy (non-hydrogen) atoms. The van der Waals surface area contributed by atoms with E-state index in [0.29, 0.717) is 16.9 Å². The number of carbonyl (C=O) groups excluding carboxylic acids is 1. The molecule has 1 aromatic heterocycles. The number of fused-ring (bicyclic) bond motifs is 1. The lowest BCUT2D eigenvalue weighted by molar-refractivity contribution is 0.102. The molecule has 0 saturated carbocycles. The van der Waals surface area contributed by atoms with Crippen molar-refractivity contribution < 1.29 is 13.6 Å². The van der Waals surface area contributed by atoms with Crippen molar-refractivity contribution >= 4 is 17.3 Å². The van der Waals surface area contributed by atoms with E-state index in [-0.39, 0.29) is 17.2 Å². The van der Waals surface area contributed by atoms with Gasteiger partial charge < -0.3 is 10.6 Å². The van der Waals surface area contributed by atoms with Crippen molar-refractivity contribution in [2.24, 2.45) is 0 Å². The highest BCUT2D eigenvalue weighted by Gasteiger charge is 2.16. The minimum atomic E-state index is -0.951. The molecule has 2 heterocycles. The number of rotatable bonds is 3. The van der Waals surface area contributed by atoms with Crippen molar-refractivity contribution in [2.75, 3.05) is 17.2 Å². The first-order valence-electron chi connectivity index (χ1n) is 9.13. The van der Waals surface area contributed by atoms with Crippen LogP contribution in [-0.2, 0) is 6.42 Å². The van der Waals surface area contributed by atoms with Crippen LogP contribution in [0.4, 0.5) is 20.2 Å². The van der Waals surface area contributed by atoms with Crippen LogP contribution < -0.4 is 10.6 Å². The molecule has 6 heteroatoms. The summed E-state index contributed by atoms with van der Waals surface area (Å²) in [6, 6.07) is 12.9. The summed E-state index contributed by atoms with van der Waals surface area (Å²) < 4.78 is 27.5. The van der Waals surface area contributed by atoms with Crippen LogP contribution in [0, 0.1) is 18.6 Å². The number of nitrogens with one attached hydrogen (secondary N) is 2. The van der Waals surface area contributed by atoms with Gasteiger partial charge in [0.25, 0.3) is 5.91 Å². The predicted octanol–water partition coefficient (Wildman–Crippen LogP) is 4.95. The summed E-state index contributed by atoms with van der Waals surface area (Å²) in [4.78, 5) is 17.0. The topological polar surface area (TPSA) is 54.0 Å². The van der Waals surface area contributed by atoms with E-state index in [2.05, 4.69) is 15.6 Å². The molecule has 0 aliphatic carbocycles. The SMILES string of the molecule is Cc1nc(-c2cccc(F)c2F)ccc1C(=O)Nc1ccc2c(c1)NCCC2. The van der Waals surface area contributed by atoms with Gasteiger partial charge in [-0.25, -0.2) is 8.78 Å². The number of nitrogens with zero attached hydrogens (tertiary/aromatic N) is 1. The molecule has 4 rings (SSSR count). The fraction of sp³-hybridized carbons (Fsp3) is 0.182. The Hall–Kier alpha value is -3.28. The number of carbonyl (C=O) groups is 1. The number of aryl methyl sites for hydroxylation is 2. The van der Waals surface area contributed by atoms with E-state index < -0.39 is 11.6 Å². The maximum absolute atomic E-state index is 14.0. The summed E-state index contributed by atoms with van der Waals surface area (Å²) in [5, 5.41) is 6.21. The Morgan fingerprint density at radius 2 is 2.00 bits per heavy atom. The lowest BCUT2D eigenvalue weighted by Crippen LogP contribution is -2.16. The number of aromatic nitrogens is 1. The van der Waals surface area contributed by atoms with Gasteiger partial charge in [0.15, 0.2) is 11.6 Å². The van der Waals surface area contributed by atoms with Gasteiger partial charge in [-0.05, 0) is 61.7 Å². The fourth-order valence-corrected chi connectivity index (χ4v) is 3.39. The average Bonchev–Trinajstić information content (AvgIpc) is 2.70. The van der Waals surface area contributed by atoms with Gasteiger partial charge in [-0.3, -0.25) is 9.78 Å². The van der Waals surface area contributed by atoms with Crippen LogP contribution in [-0.4, -0.2) is 17.4 Å². The van der Waals surface area contributed by atoms with Gasteiger partial charge in [0, 0.05) is 23.5 Å². The Kier molecular flexibility index (Phi) is 4.77. The van der Waals surface area contributed by atoms with Crippen LogP contribution in [0.25, 0.3) is 11.3 Å². The molecule has 4 nitrogen and oxygen atoms in total. The molecule has 142 valence electrons. The first-order valence-corrected chi connectivity index (χ1v) is 9.13. The zero-order chi connectivity index (χ0) is 19.7. The second kappa shape index (κ2) is 7.38. The van der Waals surface area contributed by atoms with Gasteiger partial charge >= 0.3 is 0 Å². The zero-order valence-electron chi connectivity index (χ0n) is 15.4. The third-order valence-electron chi connectivity index (χ3n) is 4.86. The number of hydrogen-bond acceptors (Lipinski definition) is 3. The molecule has 2 N–H and O–H groups in total. The van der Waals surface area contributed by atoms with Crippen LogP contribution in [0.3, 0.4) is 0 Å². The van der Waals surface area contributed by atoms with Gasteiger partial charge in [-0.2, -0.15) is 0 Å². The maximum Gasteiger partial charge on any atom is 0.257 e. The highest BCUT2D eigenvalue weighted by Crippen LogP contribution is 2.27. The lowest BCUT2D eigenvalue weighted by atomic mass is 10.0. The molecule has 0 radical (unpaired) electrons. The highest BCUT2D eigenvalue weighted by molar-refractivity contribution is 6.05. The quantitative estimate of drug-likeness (QED) is 0.677. The standard InChI is InChI=1S/C22H19F2N3O/c1-13-16(9-10-19(26-13)17-5-2-6-18(23)21(17)24)22(28)27-15-8-7-14-4-3-11-25-20(14)12-15/h2,5-10,12,25H,3-4,11H2,1H3,(H,27,28). The second-order valence-corrected chi connectivity index (χ2v) is 6.79. The van der Waals surface area contributed by atoms with Gasteiger partial charge in [-0.1, -0.05) is 12.1 Å². The van der Waals surface area contributed by atoms with E-state index >= 15 is 0 Å². The monoisotopic (exact) mass is 379 g/mol. The minimum absolute atomic E-state index is 0.0656. The van der Waals surface area contributed by atoms with Crippen molar-refractivity contribution in [3.63, 3.8) is 0 Å². The van der Waals surface area contributed by atoms with Crippen molar-refractivity contribution in [2.45, 2.75) is 19.8 Å². The van der Waals surface area contributed by atoms with E-state index in [9.17, 15) is 13.6 Å². The molecule has 3 aromatic rings. The van der Waals surface area contributed by atoms with E-state index in [1.165, 1.54) is 23.8 Å². The van der Waals surface area contributed by atoms with E-state index in [1.807, 2.05) is 18.2 Å². The fourth-order valence-electron chi connectivity index (χ4n) is 3.39. The normalized spacial score (nSPS) is 12.8. The Bertz CT molecular complexity index is 1070. The lowest BCUT2D eigenvalue weighted by Gasteiger charge is -2.19. The smallest absolute Gasteiger partial charge is 0.257 e. The number of hydrogen-bond donors (Lipinski definition) is 2. The zero-order valence-corrected chi connectivity index (χ0v) is 15.4. The molecule has 0 bridgehead atoms. The Balaban J connectivity index is 1.57. The van der Waals surface area contributed by atoms with Gasteiger partial charge in [0.1, 0.15) is 0 Å². The number of amides is 1. The van der Waals surface area contributed by atoms with Gasteiger partial charge in [0.2, 0.25) is 0 Å². The molecule has 2 aromatic carbocycles. The number of benzene rings is 2. The van der Waals surface area contributed by atoms with Crippen LogP contribution in [0.5, 0.6) is 0 Å². The molecule has 1 amide bonds. The third kappa shape index (κ3) is 3.45. The summed E-state index contributed by atoms with van der Waals surface area (Å²) in [5.74, 6) is -2.18. The molecule has 0 spiro atoms. The molecule has 0 fully saturated rings. The minimum Gasteiger partial charge on any atom is -0.385 e. The van der Waals surface area contributed by atoms with Gasteiger partial charge in [0.05, 0.1) is 17.0 Å². The summed E-state index contributed by atoms with van der Waals surface area (Å²) >= 11 is 0. The highest BCUT2D eigenvalue weighted by atomic mass is 19.2. The van der Waals surface area contributed by atoms with E-state index in [0.717, 1.165) is 31.1 Å². The molecule has 1 aliphatic heterocycles. The summed E-state index contributed by atoms with van der Waals surface area (Å²) in [5.41, 5.74) is 4.14. The maximum atomic E-state index is 14.0. The van der Waals surface area contributed by atoms with Crippen molar-refractivity contribution in [1.82, 2.24) is 4.98 Å². The average molecular weight is 379 g/mol. The molecular formula is C22H19F2N3O. The van der Waals surface area contributed by atoms with Crippen LogP contribution >= 0.6 is 0 Å². The third-order valence-corrected chi connectivity index (χ3v) is 4.86. The van der Waals surface area contributed by atoms with Crippen molar-refractivity contribution in [1.29, 1.82) is 0 Å². The van der Waals surface area contributed by atoms with Crippen LogP contribution in [0.15, 0.2) is 48.5 Å². The molecule has 0 atom stereocenters. The number of pyridine rings is 1. The number of anilines is 2. The predicted molar refractivity (Wildman–Crippen MR) is 106 cm³/mol. The van der Waals surface area contributed by atoms with Crippen LogP contribution in [0.1, 0.15) is 28.0 Å². The van der Waals surface area contributed by atoms with Crippen molar-refractivity contribution in [3.05, 3.63) is 77.0 Å². The Labute approximate surface area is 161 Å². The van der Waals surface area contributed by atoms with E-state index in [1.54, 1.807) is 13.0 Å². The van der Waals surface area contributed by atoms with E-state index in [4.69, 9.17) is 0 Å². The first kappa shape index (κ1) is 18.1. The largest absolute Gasteiger partial charge is 0.385 e. The van der Waals surface area contributed by atoms with Gasteiger partial charge in [-0.15, -0.1) is 0 Å². The Morgan fingerprint density at radius 3 is 2.82 bits per heavy atom. The summed E-state index contributed by atoms with van der Waals surface area (Å²) in [6.45, 7) is 2.59. The second-order valence-electron chi connectivity index (χ2n) is 6.79. The summed E-state index contributed by atoms with van der Waals surface area (Å²) in [6.07, 6.45) is 2.12. The molecular weight excluding hydrogens is 360 g/mol. The Morgan fingerprint density at radius 1 is 1.14 bits per heavy atom. The first-order chi connectivity index (χ1) is 13.5. The number of halogens is 2. The summed E-state index contributed by atoms with van der Waals surface area (Å²) in [7, 11) is 0. The van der Waals surface area contributed by atoms with Crippen molar-refractivity contribution in [3.8, 4) is 11.3 Å².